The van der Waals surface area contributed by atoms with Crippen molar-refractivity contribution in [1.29, 1.82) is 0 Å². The van der Waals surface area contributed by atoms with E-state index in [1.165, 1.54) is 12.1 Å². The average molecular weight is 478 g/mol. The van der Waals surface area contributed by atoms with Gasteiger partial charge in [-0.1, -0.05) is 24.5 Å². The lowest BCUT2D eigenvalue weighted by atomic mass is 10.0. The number of ether oxygens (including phenoxy) is 1. The summed E-state index contributed by atoms with van der Waals surface area (Å²) < 4.78 is 46.0. The Hall–Kier alpha value is -3.20. The maximum Gasteiger partial charge on any atom is 0.274 e. The second-order valence-electron chi connectivity index (χ2n) is 7.84. The second kappa shape index (κ2) is 9.35. The quantitative estimate of drug-likeness (QED) is 0.488. The first-order valence-corrected chi connectivity index (χ1v) is 11.7. The Morgan fingerprint density at radius 2 is 2.18 bits per heavy atom. The molecular weight excluding hydrogens is 453 g/mol. The molecule has 2 N–H and O–H groups in total. The van der Waals surface area contributed by atoms with E-state index in [0.717, 1.165) is 12.3 Å². The van der Waals surface area contributed by atoms with Crippen molar-refractivity contribution in [2.45, 2.75) is 26.0 Å². The Morgan fingerprint density at radius 1 is 1.45 bits per heavy atom. The molecular formula is C22H24FN3O6S. The van der Waals surface area contributed by atoms with Gasteiger partial charge in [-0.25, -0.2) is 9.38 Å². The summed E-state index contributed by atoms with van der Waals surface area (Å²) in [5, 5.41) is 13.1. The number of hydrogen-bond acceptors (Lipinski definition) is 8. The largest absolute Gasteiger partial charge is 0.504 e. The summed E-state index contributed by atoms with van der Waals surface area (Å²) in [6.07, 6.45) is 0.894. The highest BCUT2D eigenvalue weighted by atomic mass is 32.2. The third-order valence-electron chi connectivity index (χ3n) is 4.91. The van der Waals surface area contributed by atoms with E-state index in [1.807, 2.05) is 0 Å². The van der Waals surface area contributed by atoms with Gasteiger partial charge in [-0.3, -0.25) is 8.98 Å². The average Bonchev–Trinajstić information content (AvgIpc) is 2.72. The number of carbonyl (C=O) groups is 1. The predicted octanol–water partition coefficient (Wildman–Crippen LogP) is 1.58. The molecule has 1 saturated heterocycles. The van der Waals surface area contributed by atoms with Crippen LogP contribution in [0.2, 0.25) is 0 Å². The van der Waals surface area contributed by atoms with E-state index in [-0.39, 0.29) is 29.3 Å². The number of aliphatic hydroxyl groups is 1. The SMILES string of the molecule is C=C1C(O)=C(C(=O)NCc2ccc(F)cc2C#CCOS(C)(=O)=O)N=C2N1CCOC2(C)C. The molecule has 0 atom stereocenters. The molecule has 0 spiro atoms. The highest BCUT2D eigenvalue weighted by Gasteiger charge is 2.40. The number of amidine groups is 1. The number of hydrogen-bond donors (Lipinski definition) is 2. The van der Waals surface area contributed by atoms with E-state index in [1.54, 1.807) is 18.7 Å². The molecule has 11 heteroatoms. The topological polar surface area (TPSA) is 118 Å². The lowest BCUT2D eigenvalue weighted by Gasteiger charge is -2.43. The van der Waals surface area contributed by atoms with Gasteiger partial charge in [0.2, 0.25) is 0 Å². The van der Waals surface area contributed by atoms with Crippen LogP contribution in [0.25, 0.3) is 0 Å². The molecule has 2 aliphatic rings. The zero-order valence-corrected chi connectivity index (χ0v) is 19.3. The van der Waals surface area contributed by atoms with E-state index >= 15 is 0 Å². The van der Waals surface area contributed by atoms with Crippen molar-refractivity contribution in [3.05, 3.63) is 58.9 Å². The minimum absolute atomic E-state index is 0.0478. The molecule has 33 heavy (non-hydrogen) atoms. The summed E-state index contributed by atoms with van der Waals surface area (Å²) in [6, 6.07) is 3.81. The lowest BCUT2D eigenvalue weighted by Crippen LogP contribution is -2.54. The normalized spacial score (nSPS) is 17.6. The molecule has 1 amide bonds. The first kappa shape index (κ1) is 24.4. The van der Waals surface area contributed by atoms with Crippen LogP contribution in [0, 0.1) is 17.7 Å². The number of nitrogens with one attached hydrogen (secondary N) is 1. The molecule has 0 unspecified atom stereocenters. The molecule has 0 saturated carbocycles. The minimum Gasteiger partial charge on any atom is -0.504 e. The molecule has 176 valence electrons. The van der Waals surface area contributed by atoms with E-state index in [0.29, 0.717) is 24.6 Å². The molecule has 0 radical (unpaired) electrons. The van der Waals surface area contributed by atoms with Gasteiger partial charge in [-0.15, -0.1) is 0 Å². The summed E-state index contributed by atoms with van der Waals surface area (Å²) in [4.78, 5) is 18.9. The Bertz CT molecular complexity index is 1220. The molecule has 0 bridgehead atoms. The van der Waals surface area contributed by atoms with E-state index in [4.69, 9.17) is 4.74 Å². The van der Waals surface area contributed by atoms with Crippen molar-refractivity contribution < 1.29 is 31.6 Å². The second-order valence-corrected chi connectivity index (χ2v) is 9.49. The van der Waals surface area contributed by atoms with Crippen LogP contribution < -0.4 is 5.32 Å². The Labute approximate surface area is 191 Å². The van der Waals surface area contributed by atoms with Gasteiger partial charge >= 0.3 is 0 Å². The number of morpholine rings is 1. The first-order chi connectivity index (χ1) is 15.4. The Kier molecular flexibility index (Phi) is 6.92. The zero-order valence-electron chi connectivity index (χ0n) is 18.4. The van der Waals surface area contributed by atoms with Crippen LogP contribution in [-0.4, -0.2) is 61.8 Å². The predicted molar refractivity (Wildman–Crippen MR) is 119 cm³/mol. The van der Waals surface area contributed by atoms with Gasteiger partial charge in [-0.2, -0.15) is 8.42 Å². The summed E-state index contributed by atoms with van der Waals surface area (Å²) in [5.74, 6) is 4.04. The van der Waals surface area contributed by atoms with Crippen molar-refractivity contribution in [3.63, 3.8) is 0 Å². The molecule has 1 aromatic rings. The third kappa shape index (κ3) is 5.78. The van der Waals surface area contributed by atoms with E-state index < -0.39 is 34.1 Å². The summed E-state index contributed by atoms with van der Waals surface area (Å²) in [5.41, 5.74) is -0.0111. The smallest absolute Gasteiger partial charge is 0.274 e. The zero-order chi connectivity index (χ0) is 24.4. The first-order valence-electron chi connectivity index (χ1n) is 9.92. The Balaban J connectivity index is 1.78. The van der Waals surface area contributed by atoms with E-state index in [9.17, 15) is 22.7 Å². The van der Waals surface area contributed by atoms with Crippen LogP contribution in [0.15, 0.2) is 46.9 Å². The maximum atomic E-state index is 13.7. The van der Waals surface area contributed by atoms with Crippen LogP contribution in [0.3, 0.4) is 0 Å². The van der Waals surface area contributed by atoms with E-state index in [2.05, 4.69) is 32.9 Å². The highest BCUT2D eigenvalue weighted by Crippen LogP contribution is 2.31. The lowest BCUT2D eigenvalue weighted by molar-refractivity contribution is -0.117. The number of fused-ring (bicyclic) bond motifs is 1. The van der Waals surface area contributed by atoms with Crippen molar-refractivity contribution >= 4 is 21.9 Å². The van der Waals surface area contributed by atoms with Gasteiger partial charge in [-0.05, 0) is 31.5 Å². The Morgan fingerprint density at radius 3 is 2.88 bits per heavy atom. The molecule has 3 rings (SSSR count). The minimum atomic E-state index is -3.65. The summed E-state index contributed by atoms with van der Waals surface area (Å²) >= 11 is 0. The van der Waals surface area contributed by atoms with Crippen LogP contribution in [0.4, 0.5) is 4.39 Å². The molecule has 2 heterocycles. The van der Waals surface area contributed by atoms with Gasteiger partial charge in [0.05, 0.1) is 18.6 Å². The van der Waals surface area contributed by atoms with Gasteiger partial charge in [0.25, 0.3) is 16.0 Å². The fraction of sp³-hybridized carbons (Fsp3) is 0.364. The highest BCUT2D eigenvalue weighted by molar-refractivity contribution is 7.86. The van der Waals surface area contributed by atoms with Gasteiger partial charge in [0.1, 0.15) is 23.9 Å². The summed E-state index contributed by atoms with van der Waals surface area (Å²) in [6.45, 7) is 7.90. The summed E-state index contributed by atoms with van der Waals surface area (Å²) in [7, 11) is -3.65. The number of halogens is 1. The fourth-order valence-electron chi connectivity index (χ4n) is 3.27. The number of amides is 1. The number of aliphatic imine (C=N–C) groups is 1. The van der Waals surface area contributed by atoms with Gasteiger partial charge in [0, 0.05) is 18.7 Å². The van der Waals surface area contributed by atoms with Crippen molar-refractivity contribution in [2.24, 2.45) is 4.99 Å². The third-order valence-corrected chi connectivity index (χ3v) is 5.45. The van der Waals surface area contributed by atoms with Gasteiger partial charge < -0.3 is 20.1 Å². The number of benzene rings is 1. The number of carbonyl (C=O) groups excluding carboxylic acids is 1. The number of rotatable bonds is 5. The van der Waals surface area contributed by atoms with Gasteiger partial charge in [0.15, 0.2) is 11.5 Å². The molecule has 9 nitrogen and oxygen atoms in total. The molecule has 1 aromatic carbocycles. The monoisotopic (exact) mass is 477 g/mol. The fourth-order valence-corrected chi connectivity index (χ4v) is 3.55. The van der Waals surface area contributed by atoms with Crippen LogP contribution >= 0.6 is 0 Å². The molecule has 0 aliphatic carbocycles. The van der Waals surface area contributed by atoms with Crippen LogP contribution in [0.1, 0.15) is 25.0 Å². The van der Waals surface area contributed by atoms with Crippen molar-refractivity contribution in [2.75, 3.05) is 26.0 Å². The number of aliphatic hydroxyl groups excluding tert-OH is 1. The number of nitrogens with zero attached hydrogens (tertiary/aromatic N) is 2. The maximum absolute atomic E-state index is 13.7. The van der Waals surface area contributed by atoms with Crippen molar-refractivity contribution in [1.82, 2.24) is 10.2 Å². The molecule has 1 fully saturated rings. The molecule has 2 aliphatic heterocycles. The standard InChI is InChI=1S/C22H24FN3O6S/c1-14-19(27)18(25-21-22(2,3)31-11-9-26(14)21)20(28)24-13-16-7-8-17(23)12-15(16)6-5-10-32-33(4,29)30/h7-8,12,27H,1,9-11,13H2,2-4H3,(H,24,28). The van der Waals surface area contributed by atoms with Crippen LogP contribution in [-0.2, 0) is 30.4 Å². The van der Waals surface area contributed by atoms with Crippen molar-refractivity contribution in [3.8, 4) is 11.8 Å². The molecule has 0 aromatic heterocycles. The van der Waals surface area contributed by atoms with Crippen LogP contribution in [0.5, 0.6) is 0 Å².